The molecule has 3 amide bonds. The SMILES string of the molecule is O=C(NCCCCO)C(=O)N1CCN(C(=O)c2cc3ccccc3[nH]2)CC1. The number of amides is 3. The summed E-state index contributed by atoms with van der Waals surface area (Å²) in [7, 11) is 0. The van der Waals surface area contributed by atoms with Gasteiger partial charge in [-0.25, -0.2) is 0 Å². The Labute approximate surface area is 157 Å². The van der Waals surface area contributed by atoms with Gasteiger partial charge in [0, 0.05) is 50.2 Å². The molecule has 2 aromatic rings. The number of piperazine rings is 1. The first-order valence-corrected chi connectivity index (χ1v) is 9.15. The third kappa shape index (κ3) is 4.46. The predicted molar refractivity (Wildman–Crippen MR) is 100 cm³/mol. The maximum absolute atomic E-state index is 12.7. The van der Waals surface area contributed by atoms with Gasteiger partial charge < -0.3 is 25.2 Å². The predicted octanol–water partition coefficient (Wildman–Crippen LogP) is 0.341. The average Bonchev–Trinajstić information content (AvgIpc) is 3.14. The molecule has 1 fully saturated rings. The van der Waals surface area contributed by atoms with Crippen LogP contribution >= 0.6 is 0 Å². The molecule has 0 bridgehead atoms. The van der Waals surface area contributed by atoms with E-state index in [0.29, 0.717) is 51.3 Å². The fourth-order valence-corrected chi connectivity index (χ4v) is 3.13. The molecule has 1 saturated heterocycles. The van der Waals surface area contributed by atoms with Crippen molar-refractivity contribution in [2.75, 3.05) is 39.3 Å². The molecule has 0 aliphatic carbocycles. The summed E-state index contributed by atoms with van der Waals surface area (Å²) in [5.41, 5.74) is 1.44. The maximum atomic E-state index is 12.7. The molecule has 3 N–H and O–H groups in total. The molecule has 2 heterocycles. The molecule has 0 saturated carbocycles. The highest BCUT2D eigenvalue weighted by Gasteiger charge is 2.28. The summed E-state index contributed by atoms with van der Waals surface area (Å²) >= 11 is 0. The van der Waals surface area contributed by atoms with Crippen LogP contribution in [0.2, 0.25) is 0 Å². The second-order valence-corrected chi connectivity index (χ2v) is 6.54. The lowest BCUT2D eigenvalue weighted by Crippen LogP contribution is -2.54. The molecule has 8 heteroatoms. The van der Waals surface area contributed by atoms with E-state index in [9.17, 15) is 14.4 Å². The van der Waals surface area contributed by atoms with Crippen LogP contribution < -0.4 is 5.32 Å². The van der Waals surface area contributed by atoms with Gasteiger partial charge in [0.15, 0.2) is 0 Å². The van der Waals surface area contributed by atoms with Crippen molar-refractivity contribution < 1.29 is 19.5 Å². The van der Waals surface area contributed by atoms with Gasteiger partial charge in [-0.2, -0.15) is 0 Å². The number of para-hydroxylation sites is 1. The van der Waals surface area contributed by atoms with Crippen molar-refractivity contribution in [2.24, 2.45) is 0 Å². The summed E-state index contributed by atoms with van der Waals surface area (Å²) in [5, 5.41) is 12.3. The van der Waals surface area contributed by atoms with Crippen LogP contribution in [0, 0.1) is 0 Å². The number of nitrogens with zero attached hydrogens (tertiary/aromatic N) is 2. The van der Waals surface area contributed by atoms with Crippen molar-refractivity contribution in [3.63, 3.8) is 0 Å². The second kappa shape index (κ2) is 8.68. The molecule has 0 radical (unpaired) electrons. The van der Waals surface area contributed by atoms with E-state index in [1.807, 2.05) is 30.3 Å². The van der Waals surface area contributed by atoms with Crippen molar-refractivity contribution >= 4 is 28.6 Å². The van der Waals surface area contributed by atoms with Crippen molar-refractivity contribution in [3.8, 4) is 0 Å². The Morgan fingerprint density at radius 2 is 1.74 bits per heavy atom. The van der Waals surface area contributed by atoms with Crippen LogP contribution in [-0.4, -0.2) is 76.9 Å². The number of benzene rings is 1. The Balaban J connectivity index is 1.51. The Morgan fingerprint density at radius 1 is 1.04 bits per heavy atom. The quantitative estimate of drug-likeness (QED) is 0.520. The fraction of sp³-hybridized carbons (Fsp3) is 0.421. The Bertz CT molecular complexity index is 791. The molecule has 144 valence electrons. The van der Waals surface area contributed by atoms with Gasteiger partial charge in [0.25, 0.3) is 5.91 Å². The summed E-state index contributed by atoms with van der Waals surface area (Å²) in [6.07, 6.45) is 1.21. The first-order chi connectivity index (χ1) is 13.1. The number of aromatic nitrogens is 1. The summed E-state index contributed by atoms with van der Waals surface area (Å²) in [6.45, 7) is 1.86. The lowest BCUT2D eigenvalue weighted by molar-refractivity contribution is -0.146. The molecule has 0 atom stereocenters. The second-order valence-electron chi connectivity index (χ2n) is 6.54. The van der Waals surface area contributed by atoms with E-state index in [2.05, 4.69) is 10.3 Å². The summed E-state index contributed by atoms with van der Waals surface area (Å²) in [4.78, 5) is 43.0. The van der Waals surface area contributed by atoms with E-state index >= 15 is 0 Å². The van der Waals surface area contributed by atoms with Crippen LogP contribution in [0.1, 0.15) is 23.3 Å². The number of nitrogens with one attached hydrogen (secondary N) is 2. The number of aliphatic hydroxyl groups is 1. The van der Waals surface area contributed by atoms with Crippen LogP contribution in [-0.2, 0) is 9.59 Å². The lowest BCUT2D eigenvalue weighted by Gasteiger charge is -2.34. The van der Waals surface area contributed by atoms with E-state index in [4.69, 9.17) is 5.11 Å². The highest BCUT2D eigenvalue weighted by Crippen LogP contribution is 2.17. The third-order valence-corrected chi connectivity index (χ3v) is 4.68. The number of H-pyrrole nitrogens is 1. The molecular weight excluding hydrogens is 348 g/mol. The number of hydrogen-bond acceptors (Lipinski definition) is 4. The molecule has 0 spiro atoms. The summed E-state index contributed by atoms with van der Waals surface area (Å²) < 4.78 is 0. The average molecular weight is 372 g/mol. The molecule has 0 unspecified atom stereocenters. The van der Waals surface area contributed by atoms with Crippen LogP contribution in [0.4, 0.5) is 0 Å². The van der Waals surface area contributed by atoms with Crippen LogP contribution in [0.5, 0.6) is 0 Å². The zero-order valence-electron chi connectivity index (χ0n) is 15.1. The number of aromatic amines is 1. The lowest BCUT2D eigenvalue weighted by atomic mass is 10.2. The number of rotatable bonds is 5. The molecule has 1 aromatic heterocycles. The Morgan fingerprint density at radius 3 is 2.44 bits per heavy atom. The molecule has 1 aromatic carbocycles. The zero-order valence-corrected chi connectivity index (χ0v) is 15.1. The molecular formula is C19H24N4O4. The monoisotopic (exact) mass is 372 g/mol. The smallest absolute Gasteiger partial charge is 0.312 e. The number of carbonyl (C=O) groups excluding carboxylic acids is 3. The van der Waals surface area contributed by atoms with Crippen LogP contribution in [0.3, 0.4) is 0 Å². The van der Waals surface area contributed by atoms with Gasteiger partial charge in [-0.05, 0) is 25.0 Å². The van der Waals surface area contributed by atoms with Crippen molar-refractivity contribution in [3.05, 3.63) is 36.0 Å². The number of carbonyl (C=O) groups is 3. The minimum absolute atomic E-state index is 0.0657. The van der Waals surface area contributed by atoms with E-state index in [0.717, 1.165) is 10.9 Å². The van der Waals surface area contributed by atoms with Gasteiger partial charge in [-0.3, -0.25) is 14.4 Å². The fourth-order valence-electron chi connectivity index (χ4n) is 3.13. The number of fused-ring (bicyclic) bond motifs is 1. The normalized spacial score (nSPS) is 14.4. The number of unbranched alkanes of at least 4 members (excludes halogenated alkanes) is 1. The van der Waals surface area contributed by atoms with E-state index in [-0.39, 0.29) is 12.5 Å². The Kier molecular flexibility index (Phi) is 6.08. The summed E-state index contributed by atoms with van der Waals surface area (Å²) in [6, 6.07) is 9.52. The first-order valence-electron chi connectivity index (χ1n) is 9.15. The van der Waals surface area contributed by atoms with Crippen molar-refractivity contribution in [1.82, 2.24) is 20.1 Å². The standard InChI is InChI=1S/C19H24N4O4/c24-12-4-3-7-20-17(25)19(27)23-10-8-22(9-11-23)18(26)16-13-14-5-1-2-6-15(14)21-16/h1-2,5-6,13,21,24H,3-4,7-12H2,(H,20,25). The van der Waals surface area contributed by atoms with Crippen molar-refractivity contribution in [1.29, 1.82) is 0 Å². The van der Waals surface area contributed by atoms with E-state index in [1.165, 1.54) is 4.90 Å². The van der Waals surface area contributed by atoms with Gasteiger partial charge in [-0.15, -0.1) is 0 Å². The van der Waals surface area contributed by atoms with Gasteiger partial charge in [0.05, 0.1) is 0 Å². The molecule has 8 nitrogen and oxygen atoms in total. The van der Waals surface area contributed by atoms with Crippen LogP contribution in [0.15, 0.2) is 30.3 Å². The highest BCUT2D eigenvalue weighted by molar-refractivity contribution is 6.35. The molecule has 1 aliphatic rings. The molecule has 3 rings (SSSR count). The molecule has 27 heavy (non-hydrogen) atoms. The number of aliphatic hydroxyl groups excluding tert-OH is 1. The maximum Gasteiger partial charge on any atom is 0.312 e. The third-order valence-electron chi connectivity index (χ3n) is 4.68. The molecule has 1 aliphatic heterocycles. The van der Waals surface area contributed by atoms with E-state index < -0.39 is 11.8 Å². The van der Waals surface area contributed by atoms with Gasteiger partial charge in [0.1, 0.15) is 5.69 Å². The minimum Gasteiger partial charge on any atom is -0.396 e. The largest absolute Gasteiger partial charge is 0.396 e. The summed E-state index contributed by atoms with van der Waals surface area (Å²) in [5.74, 6) is -1.31. The minimum atomic E-state index is -0.636. The van der Waals surface area contributed by atoms with Gasteiger partial charge in [0.2, 0.25) is 0 Å². The van der Waals surface area contributed by atoms with Crippen LogP contribution in [0.25, 0.3) is 10.9 Å². The Hall–Kier alpha value is -2.87. The van der Waals surface area contributed by atoms with Gasteiger partial charge >= 0.3 is 11.8 Å². The topological polar surface area (TPSA) is 106 Å². The highest BCUT2D eigenvalue weighted by atomic mass is 16.3. The first kappa shape index (κ1) is 18.9. The zero-order chi connectivity index (χ0) is 19.2. The number of hydrogen-bond donors (Lipinski definition) is 3. The van der Waals surface area contributed by atoms with Gasteiger partial charge in [-0.1, -0.05) is 18.2 Å². The van der Waals surface area contributed by atoms with E-state index in [1.54, 1.807) is 4.90 Å². The van der Waals surface area contributed by atoms with Crippen molar-refractivity contribution in [2.45, 2.75) is 12.8 Å².